The Bertz CT molecular complexity index is 1080. The van der Waals surface area contributed by atoms with Crippen LogP contribution in [-0.4, -0.2) is 23.3 Å². The van der Waals surface area contributed by atoms with Crippen LogP contribution in [0.15, 0.2) is 72.8 Å². The minimum atomic E-state index is -0.536. The Morgan fingerprint density at radius 2 is 1.61 bits per heavy atom. The van der Waals surface area contributed by atoms with Gasteiger partial charge in [0.2, 0.25) is 0 Å². The van der Waals surface area contributed by atoms with Crippen LogP contribution in [0.25, 0.3) is 0 Å². The van der Waals surface area contributed by atoms with Crippen molar-refractivity contribution in [1.82, 2.24) is 5.32 Å². The number of anilines is 1. The molecule has 0 radical (unpaired) electrons. The topological polar surface area (TPSA) is 111 Å². The fourth-order valence-electron chi connectivity index (χ4n) is 2.87. The van der Waals surface area contributed by atoms with Gasteiger partial charge >= 0.3 is 0 Å². The van der Waals surface area contributed by atoms with E-state index in [1.165, 1.54) is 24.3 Å². The highest BCUT2D eigenvalue weighted by Crippen LogP contribution is 2.18. The fraction of sp³-hybridized carbons (Fsp3) is 0.130. The molecule has 0 aliphatic carbocycles. The molecule has 8 nitrogen and oxygen atoms in total. The highest BCUT2D eigenvalue weighted by atomic mass is 16.6. The van der Waals surface area contributed by atoms with Gasteiger partial charge in [-0.3, -0.25) is 19.7 Å². The number of nitro groups is 1. The molecule has 3 rings (SSSR count). The second-order valence-electron chi connectivity index (χ2n) is 6.56. The van der Waals surface area contributed by atoms with Gasteiger partial charge in [-0.15, -0.1) is 0 Å². The number of hydrogen-bond acceptors (Lipinski definition) is 5. The smallest absolute Gasteiger partial charge is 0.269 e. The molecular formula is C23H21N3O5. The molecule has 0 heterocycles. The van der Waals surface area contributed by atoms with E-state index < -0.39 is 10.8 Å². The number of rotatable bonds is 8. The molecule has 2 N–H and O–H groups in total. The van der Waals surface area contributed by atoms with Crippen LogP contribution in [-0.2, 0) is 6.54 Å². The predicted octanol–water partition coefficient (Wildman–Crippen LogP) is 4.18. The molecule has 0 aliphatic heterocycles. The number of non-ortho nitro benzene ring substituents is 1. The van der Waals surface area contributed by atoms with Crippen LogP contribution in [0.5, 0.6) is 5.75 Å². The van der Waals surface area contributed by atoms with Crippen molar-refractivity contribution < 1.29 is 19.2 Å². The quantitative estimate of drug-likeness (QED) is 0.420. The van der Waals surface area contributed by atoms with Crippen LogP contribution in [0.4, 0.5) is 11.4 Å². The molecule has 0 aromatic heterocycles. The zero-order valence-corrected chi connectivity index (χ0v) is 16.8. The van der Waals surface area contributed by atoms with E-state index in [0.717, 1.165) is 11.3 Å². The van der Waals surface area contributed by atoms with E-state index in [1.54, 1.807) is 24.3 Å². The summed E-state index contributed by atoms with van der Waals surface area (Å²) in [6, 6.07) is 19.3. The molecule has 3 aromatic rings. The first-order valence-corrected chi connectivity index (χ1v) is 9.62. The molecule has 0 bridgehead atoms. The van der Waals surface area contributed by atoms with Crippen molar-refractivity contribution >= 4 is 23.2 Å². The van der Waals surface area contributed by atoms with E-state index in [0.29, 0.717) is 24.4 Å². The summed E-state index contributed by atoms with van der Waals surface area (Å²) in [4.78, 5) is 35.4. The van der Waals surface area contributed by atoms with Gasteiger partial charge < -0.3 is 15.4 Å². The van der Waals surface area contributed by atoms with Crippen LogP contribution in [0, 0.1) is 10.1 Å². The molecule has 158 valence electrons. The van der Waals surface area contributed by atoms with Crippen molar-refractivity contribution in [3.05, 3.63) is 99.6 Å². The number of carbonyl (C=O) groups excluding carboxylic acids is 2. The van der Waals surface area contributed by atoms with Crippen molar-refractivity contribution in [3.63, 3.8) is 0 Å². The van der Waals surface area contributed by atoms with Crippen molar-refractivity contribution in [2.24, 2.45) is 0 Å². The maximum Gasteiger partial charge on any atom is 0.269 e. The third-order valence-corrected chi connectivity index (χ3v) is 4.45. The average molecular weight is 419 g/mol. The van der Waals surface area contributed by atoms with Gasteiger partial charge in [0.15, 0.2) is 0 Å². The standard InChI is InChI=1S/C23H21N3O5/c1-2-31-19-13-7-16(8-14-19)15-24-23(28)20-5-3-4-6-21(20)25-22(27)17-9-11-18(12-10-17)26(29)30/h3-14H,2,15H2,1H3,(H,24,28)(H,25,27). The van der Waals surface area contributed by atoms with Gasteiger partial charge in [-0.1, -0.05) is 24.3 Å². The molecule has 31 heavy (non-hydrogen) atoms. The minimum absolute atomic E-state index is 0.106. The van der Waals surface area contributed by atoms with Crippen LogP contribution >= 0.6 is 0 Å². The maximum atomic E-state index is 12.7. The lowest BCUT2D eigenvalue weighted by Gasteiger charge is -2.12. The lowest BCUT2D eigenvalue weighted by Crippen LogP contribution is -2.24. The van der Waals surface area contributed by atoms with Crippen molar-refractivity contribution in [1.29, 1.82) is 0 Å². The third-order valence-electron chi connectivity index (χ3n) is 4.45. The largest absolute Gasteiger partial charge is 0.494 e. The molecule has 0 spiro atoms. The van der Waals surface area contributed by atoms with Crippen molar-refractivity contribution in [2.75, 3.05) is 11.9 Å². The molecule has 2 amide bonds. The Balaban J connectivity index is 1.66. The summed E-state index contributed by atoms with van der Waals surface area (Å²) in [6.07, 6.45) is 0. The summed E-state index contributed by atoms with van der Waals surface area (Å²) in [5.41, 5.74) is 1.70. The monoisotopic (exact) mass is 419 g/mol. The number of hydrogen-bond donors (Lipinski definition) is 2. The zero-order chi connectivity index (χ0) is 22.2. The number of benzene rings is 3. The second kappa shape index (κ2) is 10.0. The predicted molar refractivity (Wildman–Crippen MR) is 116 cm³/mol. The van der Waals surface area contributed by atoms with E-state index >= 15 is 0 Å². The van der Waals surface area contributed by atoms with Crippen molar-refractivity contribution in [3.8, 4) is 5.75 Å². The maximum absolute atomic E-state index is 12.7. The zero-order valence-electron chi connectivity index (χ0n) is 16.8. The van der Waals surface area contributed by atoms with Gasteiger partial charge in [-0.25, -0.2) is 0 Å². The lowest BCUT2D eigenvalue weighted by atomic mass is 10.1. The molecule has 0 fully saturated rings. The van der Waals surface area contributed by atoms with E-state index in [2.05, 4.69) is 10.6 Å². The first-order valence-electron chi connectivity index (χ1n) is 9.62. The summed E-state index contributed by atoms with van der Waals surface area (Å²) < 4.78 is 5.40. The van der Waals surface area contributed by atoms with Gasteiger partial charge in [0, 0.05) is 24.2 Å². The molecule has 0 saturated carbocycles. The Morgan fingerprint density at radius 1 is 0.935 bits per heavy atom. The Kier molecular flexibility index (Phi) is 6.95. The van der Waals surface area contributed by atoms with Gasteiger partial charge in [0.25, 0.3) is 17.5 Å². The van der Waals surface area contributed by atoms with E-state index in [1.807, 2.05) is 31.2 Å². The Morgan fingerprint density at radius 3 is 2.26 bits per heavy atom. The van der Waals surface area contributed by atoms with E-state index in [4.69, 9.17) is 4.74 Å². The number of nitrogens with one attached hydrogen (secondary N) is 2. The van der Waals surface area contributed by atoms with Crippen LogP contribution in [0.2, 0.25) is 0 Å². The van der Waals surface area contributed by atoms with Gasteiger partial charge in [-0.05, 0) is 48.9 Å². The molecule has 0 atom stereocenters. The molecule has 0 aliphatic rings. The lowest BCUT2D eigenvalue weighted by molar-refractivity contribution is -0.384. The highest BCUT2D eigenvalue weighted by Gasteiger charge is 2.15. The highest BCUT2D eigenvalue weighted by molar-refractivity contribution is 6.09. The molecule has 3 aromatic carbocycles. The van der Waals surface area contributed by atoms with Gasteiger partial charge in [-0.2, -0.15) is 0 Å². The SMILES string of the molecule is CCOc1ccc(CNC(=O)c2ccccc2NC(=O)c2ccc([N+](=O)[O-])cc2)cc1. The Hall–Kier alpha value is -4.20. The first-order chi connectivity index (χ1) is 15.0. The number of nitrogens with zero attached hydrogens (tertiary/aromatic N) is 1. The molecule has 0 saturated heterocycles. The molecule has 8 heteroatoms. The summed E-state index contributed by atoms with van der Waals surface area (Å²) in [6.45, 7) is 2.81. The first kappa shape index (κ1) is 21.5. The van der Waals surface area contributed by atoms with E-state index in [-0.39, 0.29) is 17.2 Å². The van der Waals surface area contributed by atoms with Crippen LogP contribution in [0.1, 0.15) is 33.2 Å². The van der Waals surface area contributed by atoms with Gasteiger partial charge in [0.1, 0.15) is 5.75 Å². The summed E-state index contributed by atoms with van der Waals surface area (Å²) in [7, 11) is 0. The number of carbonyl (C=O) groups is 2. The summed E-state index contributed by atoms with van der Waals surface area (Å²) in [5, 5.41) is 16.3. The van der Waals surface area contributed by atoms with Crippen LogP contribution < -0.4 is 15.4 Å². The van der Waals surface area contributed by atoms with E-state index in [9.17, 15) is 19.7 Å². The molecule has 0 unspecified atom stereocenters. The number of para-hydroxylation sites is 1. The Labute approximate surface area is 179 Å². The second-order valence-corrected chi connectivity index (χ2v) is 6.56. The number of amides is 2. The molecular weight excluding hydrogens is 398 g/mol. The van der Waals surface area contributed by atoms with Crippen LogP contribution in [0.3, 0.4) is 0 Å². The average Bonchev–Trinajstić information content (AvgIpc) is 2.79. The number of nitro benzene ring substituents is 1. The number of ether oxygens (including phenoxy) is 1. The third kappa shape index (κ3) is 5.66. The fourth-order valence-corrected chi connectivity index (χ4v) is 2.87. The van der Waals surface area contributed by atoms with Crippen molar-refractivity contribution in [2.45, 2.75) is 13.5 Å². The normalized spacial score (nSPS) is 10.2. The summed E-state index contributed by atoms with van der Waals surface area (Å²) in [5.74, 6) is -0.0491. The minimum Gasteiger partial charge on any atom is -0.494 e. The van der Waals surface area contributed by atoms with Gasteiger partial charge in [0.05, 0.1) is 22.8 Å². The summed E-state index contributed by atoms with van der Waals surface area (Å²) >= 11 is 0.